The molecule has 0 aliphatic heterocycles. The highest BCUT2D eigenvalue weighted by atomic mass is 32.2. The van der Waals surface area contributed by atoms with Gasteiger partial charge < -0.3 is 0 Å². The van der Waals surface area contributed by atoms with Gasteiger partial charge in [0.05, 0.1) is 0 Å². The lowest BCUT2D eigenvalue weighted by Gasteiger charge is -2.13. The van der Waals surface area contributed by atoms with Gasteiger partial charge in [0.1, 0.15) is 0 Å². The van der Waals surface area contributed by atoms with Gasteiger partial charge in [-0.15, -0.1) is 0 Å². The van der Waals surface area contributed by atoms with Crippen LogP contribution in [0.1, 0.15) is 12.8 Å². The molecule has 0 amide bonds. The summed E-state index contributed by atoms with van der Waals surface area (Å²) in [4.78, 5) is 1.11. The largest absolute Gasteiger partial charge is 0.158 e. The summed E-state index contributed by atoms with van der Waals surface area (Å²) in [5.74, 6) is 0. The van der Waals surface area contributed by atoms with Gasteiger partial charge in [-0.3, -0.25) is 0 Å². The summed E-state index contributed by atoms with van der Waals surface area (Å²) in [6.07, 6.45) is 8.76. The topological polar surface area (TPSA) is 0 Å². The molecule has 1 aliphatic carbocycles. The van der Waals surface area contributed by atoms with E-state index in [1.807, 2.05) is 11.8 Å². The Kier molecular flexibility index (Phi) is 2.73. The Balaban J connectivity index is 2.48. The smallest absolute Gasteiger partial charge is 0.0231 e. The Morgan fingerprint density at radius 3 is 3.00 bits per heavy atom. The van der Waals surface area contributed by atoms with Gasteiger partial charge >= 0.3 is 0 Å². The molecule has 0 fully saturated rings. The van der Waals surface area contributed by atoms with Crippen molar-refractivity contribution in [2.75, 3.05) is 6.26 Å². The highest BCUT2D eigenvalue weighted by molar-refractivity contribution is 7.99. The Hall–Kier alpha value is 0.180. The zero-order valence-electron chi connectivity index (χ0n) is 5.46. The van der Waals surface area contributed by atoms with Crippen LogP contribution >= 0.6 is 24.0 Å². The number of hydrogen-bond donors (Lipinski definition) is 0. The number of thioether (sulfide) groups is 1. The predicted octanol–water partition coefficient (Wildman–Crippen LogP) is 2.44. The lowest BCUT2D eigenvalue weighted by molar-refractivity contribution is 0.906. The van der Waals surface area contributed by atoms with Gasteiger partial charge in [-0.25, -0.2) is 0 Å². The van der Waals surface area contributed by atoms with Crippen molar-refractivity contribution >= 4 is 28.8 Å². The van der Waals surface area contributed by atoms with Crippen molar-refractivity contribution < 1.29 is 0 Å². The molecule has 9 heavy (non-hydrogen) atoms. The molecular formula is C7H10S2. The van der Waals surface area contributed by atoms with Crippen LogP contribution in [-0.2, 0) is 0 Å². The first-order chi connectivity index (χ1) is 4.33. The zero-order chi connectivity index (χ0) is 6.69. The molecule has 1 rings (SSSR count). The molecule has 0 saturated heterocycles. The Morgan fingerprint density at radius 2 is 2.56 bits per heavy atom. The fourth-order valence-electron chi connectivity index (χ4n) is 0.875. The molecule has 0 aromatic rings. The van der Waals surface area contributed by atoms with E-state index < -0.39 is 0 Å². The van der Waals surface area contributed by atoms with Crippen LogP contribution in [0.15, 0.2) is 12.2 Å². The second-order valence-electron chi connectivity index (χ2n) is 2.14. The molecule has 1 aliphatic rings. The molecule has 0 N–H and O–H groups in total. The summed E-state index contributed by atoms with van der Waals surface area (Å²) in [6.45, 7) is 0. The van der Waals surface area contributed by atoms with Crippen molar-refractivity contribution in [3.05, 3.63) is 12.2 Å². The quantitative estimate of drug-likeness (QED) is 0.538. The molecule has 0 bridgehead atoms. The van der Waals surface area contributed by atoms with Crippen LogP contribution in [-0.4, -0.2) is 16.4 Å². The van der Waals surface area contributed by atoms with Crippen LogP contribution in [0.3, 0.4) is 0 Å². The lowest BCUT2D eigenvalue weighted by Crippen LogP contribution is -2.06. The Bertz CT molecular complexity index is 138. The van der Waals surface area contributed by atoms with Crippen molar-refractivity contribution in [1.82, 2.24) is 0 Å². The summed E-state index contributed by atoms with van der Waals surface area (Å²) in [7, 11) is 0. The van der Waals surface area contributed by atoms with E-state index in [0.29, 0.717) is 0 Å². The summed E-state index contributed by atoms with van der Waals surface area (Å²) in [5, 5.41) is 0.719. The van der Waals surface area contributed by atoms with E-state index in [0.717, 1.165) is 16.5 Å². The highest BCUT2D eigenvalue weighted by Crippen LogP contribution is 2.19. The number of hydrogen-bond acceptors (Lipinski definition) is 2. The summed E-state index contributed by atoms with van der Waals surface area (Å²) in [5.41, 5.74) is 0. The van der Waals surface area contributed by atoms with Crippen molar-refractivity contribution in [3.63, 3.8) is 0 Å². The van der Waals surface area contributed by atoms with Crippen molar-refractivity contribution in [3.8, 4) is 0 Å². The van der Waals surface area contributed by atoms with Crippen LogP contribution in [0.2, 0.25) is 0 Å². The third-order valence-corrected chi connectivity index (χ3v) is 2.81. The SMILES string of the molecule is CSC1C=CC(=S)CC1. The van der Waals surface area contributed by atoms with E-state index in [2.05, 4.69) is 18.4 Å². The molecule has 0 heterocycles. The molecule has 0 radical (unpaired) electrons. The minimum atomic E-state index is 0.719. The first kappa shape index (κ1) is 7.29. The molecule has 50 valence electrons. The lowest BCUT2D eigenvalue weighted by atomic mass is 10.1. The summed E-state index contributed by atoms with van der Waals surface area (Å²) >= 11 is 6.91. The molecule has 1 unspecified atom stereocenters. The number of thiocarbonyl (C=S) groups is 1. The van der Waals surface area contributed by atoms with E-state index in [1.54, 1.807) is 0 Å². The van der Waals surface area contributed by atoms with Crippen LogP contribution in [0.5, 0.6) is 0 Å². The molecule has 1 atom stereocenters. The fraction of sp³-hybridized carbons (Fsp3) is 0.571. The summed E-state index contributed by atoms with van der Waals surface area (Å²) < 4.78 is 0. The first-order valence-electron chi connectivity index (χ1n) is 3.07. The molecule has 0 aromatic heterocycles. The van der Waals surface area contributed by atoms with Gasteiger partial charge in [-0.1, -0.05) is 24.4 Å². The van der Waals surface area contributed by atoms with Crippen LogP contribution < -0.4 is 0 Å². The molecular weight excluding hydrogens is 148 g/mol. The standard InChI is InChI=1S/C7H10S2/c1-9-7-4-2-6(8)3-5-7/h2,4,7H,3,5H2,1H3. The second kappa shape index (κ2) is 3.37. The third-order valence-electron chi connectivity index (χ3n) is 1.47. The van der Waals surface area contributed by atoms with Crippen LogP contribution in [0.25, 0.3) is 0 Å². The predicted molar refractivity (Wildman–Crippen MR) is 48.3 cm³/mol. The second-order valence-corrected chi connectivity index (χ2v) is 3.74. The van der Waals surface area contributed by atoms with E-state index in [9.17, 15) is 0 Å². The van der Waals surface area contributed by atoms with Gasteiger partial charge in [0.25, 0.3) is 0 Å². The van der Waals surface area contributed by atoms with E-state index in [4.69, 9.17) is 12.2 Å². The van der Waals surface area contributed by atoms with E-state index in [-0.39, 0.29) is 0 Å². The molecule has 0 aromatic carbocycles. The van der Waals surface area contributed by atoms with Crippen LogP contribution in [0.4, 0.5) is 0 Å². The van der Waals surface area contributed by atoms with Crippen molar-refractivity contribution in [2.45, 2.75) is 18.1 Å². The third kappa shape index (κ3) is 2.11. The molecule has 0 nitrogen and oxygen atoms in total. The minimum Gasteiger partial charge on any atom is -0.158 e. The fourth-order valence-corrected chi connectivity index (χ4v) is 1.66. The van der Waals surface area contributed by atoms with Gasteiger partial charge in [0, 0.05) is 10.1 Å². The Labute approximate surface area is 65.7 Å². The van der Waals surface area contributed by atoms with Gasteiger partial charge in [0.2, 0.25) is 0 Å². The zero-order valence-corrected chi connectivity index (χ0v) is 7.10. The van der Waals surface area contributed by atoms with E-state index in [1.165, 1.54) is 6.42 Å². The summed E-state index contributed by atoms with van der Waals surface area (Å²) in [6, 6.07) is 0. The molecule has 0 saturated carbocycles. The Morgan fingerprint density at radius 1 is 1.78 bits per heavy atom. The van der Waals surface area contributed by atoms with Crippen molar-refractivity contribution in [2.24, 2.45) is 0 Å². The van der Waals surface area contributed by atoms with E-state index >= 15 is 0 Å². The molecule has 2 heteroatoms. The minimum absolute atomic E-state index is 0.719. The number of rotatable bonds is 1. The normalized spacial score (nSPS) is 26.8. The maximum Gasteiger partial charge on any atom is 0.0231 e. The molecule has 0 spiro atoms. The van der Waals surface area contributed by atoms with Gasteiger partial charge in [0.15, 0.2) is 0 Å². The average molecular weight is 158 g/mol. The monoisotopic (exact) mass is 158 g/mol. The first-order valence-corrected chi connectivity index (χ1v) is 4.76. The maximum atomic E-state index is 5.01. The van der Waals surface area contributed by atoms with Crippen molar-refractivity contribution in [1.29, 1.82) is 0 Å². The van der Waals surface area contributed by atoms with Gasteiger partial charge in [-0.2, -0.15) is 11.8 Å². The van der Waals surface area contributed by atoms with Crippen LogP contribution in [0, 0.1) is 0 Å². The highest BCUT2D eigenvalue weighted by Gasteiger charge is 2.07. The van der Waals surface area contributed by atoms with Gasteiger partial charge in [-0.05, 0) is 19.1 Å². The number of allylic oxidation sites excluding steroid dienone is 1. The average Bonchev–Trinajstić information content (AvgIpc) is 1.90. The maximum absolute atomic E-state index is 5.01.